The Kier molecular flexibility index (Phi) is 5.97. The number of hydrogen-bond donors (Lipinski definition) is 1. The summed E-state index contributed by atoms with van der Waals surface area (Å²) in [5.41, 5.74) is 0.174. The zero-order valence-electron chi connectivity index (χ0n) is 16.7. The van der Waals surface area contributed by atoms with E-state index < -0.39 is 22.6 Å². The van der Waals surface area contributed by atoms with Gasteiger partial charge in [0.25, 0.3) is 11.6 Å². The number of carbonyl (C=O) groups is 1. The predicted molar refractivity (Wildman–Crippen MR) is 116 cm³/mol. The van der Waals surface area contributed by atoms with Gasteiger partial charge in [0.15, 0.2) is 0 Å². The second-order valence-electron chi connectivity index (χ2n) is 6.96. The highest BCUT2D eigenvalue weighted by atomic mass is 32.1. The largest absolute Gasteiger partial charge is 0.416 e. The van der Waals surface area contributed by atoms with E-state index >= 15 is 0 Å². The summed E-state index contributed by atoms with van der Waals surface area (Å²) in [6.07, 6.45) is -4.49. The van der Waals surface area contributed by atoms with Crippen LogP contribution in [0.1, 0.15) is 21.6 Å². The number of non-ortho nitro benzene ring substituents is 1. The van der Waals surface area contributed by atoms with E-state index in [4.69, 9.17) is 0 Å². The van der Waals surface area contributed by atoms with Gasteiger partial charge < -0.3 is 5.32 Å². The number of aromatic nitrogens is 2. The van der Waals surface area contributed by atoms with Crippen LogP contribution in [0.25, 0.3) is 16.3 Å². The molecule has 4 aromatic rings. The van der Waals surface area contributed by atoms with E-state index in [1.807, 2.05) is 17.5 Å². The normalized spacial score (nSPS) is 11.4. The first-order valence-corrected chi connectivity index (χ1v) is 10.4. The third-order valence-electron chi connectivity index (χ3n) is 4.71. The summed E-state index contributed by atoms with van der Waals surface area (Å²) in [6.45, 7) is -0.142. The molecule has 0 unspecified atom stereocenters. The van der Waals surface area contributed by atoms with Gasteiger partial charge in [-0.3, -0.25) is 14.9 Å². The topological polar surface area (TPSA) is 90.1 Å². The molecule has 1 amide bonds. The van der Waals surface area contributed by atoms with Crippen molar-refractivity contribution >= 4 is 22.9 Å². The minimum absolute atomic E-state index is 0.0888. The second kappa shape index (κ2) is 8.87. The monoisotopic (exact) mass is 472 g/mol. The molecular formula is C22H15F3N4O3S. The lowest BCUT2D eigenvalue weighted by Gasteiger charge is -2.10. The molecule has 11 heteroatoms. The first kappa shape index (κ1) is 22.2. The molecule has 0 saturated carbocycles. The summed E-state index contributed by atoms with van der Waals surface area (Å²) >= 11 is 1.40. The number of halogens is 3. The maximum absolute atomic E-state index is 13.0. The maximum atomic E-state index is 13.0. The molecule has 7 nitrogen and oxygen atoms in total. The molecule has 168 valence electrons. The minimum atomic E-state index is -4.49. The Morgan fingerprint density at radius 2 is 1.88 bits per heavy atom. The highest BCUT2D eigenvalue weighted by Gasteiger charge is 2.30. The van der Waals surface area contributed by atoms with Gasteiger partial charge >= 0.3 is 6.18 Å². The number of amides is 1. The zero-order valence-corrected chi connectivity index (χ0v) is 17.6. The summed E-state index contributed by atoms with van der Waals surface area (Å²) in [4.78, 5) is 24.4. The molecule has 0 aliphatic heterocycles. The van der Waals surface area contributed by atoms with Gasteiger partial charge in [-0.25, -0.2) is 4.68 Å². The Balaban J connectivity index is 1.66. The van der Waals surface area contributed by atoms with Crippen LogP contribution in [0.15, 0.2) is 72.1 Å². The molecule has 2 aromatic carbocycles. The molecular weight excluding hydrogens is 457 g/mol. The highest BCUT2D eigenvalue weighted by Crippen LogP contribution is 2.30. The van der Waals surface area contributed by atoms with Crippen LogP contribution in [0.2, 0.25) is 0 Å². The summed E-state index contributed by atoms with van der Waals surface area (Å²) < 4.78 is 40.1. The minimum Gasteiger partial charge on any atom is -0.347 e. The molecule has 2 aromatic heterocycles. The lowest BCUT2D eigenvalue weighted by molar-refractivity contribution is -0.384. The van der Waals surface area contributed by atoms with Gasteiger partial charge in [-0.2, -0.15) is 18.3 Å². The SMILES string of the molecule is O=C(NCc1cccc(C(F)(F)F)c1)c1cc(-c2cccs2)nn1-c1cccc([N+](=O)[O-])c1. The first-order chi connectivity index (χ1) is 15.7. The molecule has 0 atom stereocenters. The summed E-state index contributed by atoms with van der Waals surface area (Å²) in [7, 11) is 0. The van der Waals surface area contributed by atoms with Crippen molar-refractivity contribution in [2.24, 2.45) is 0 Å². The van der Waals surface area contributed by atoms with Gasteiger partial charge in [-0.05, 0) is 41.3 Å². The van der Waals surface area contributed by atoms with Crippen molar-refractivity contribution in [1.29, 1.82) is 0 Å². The summed E-state index contributed by atoms with van der Waals surface area (Å²) in [6, 6.07) is 15.5. The van der Waals surface area contributed by atoms with E-state index in [1.165, 1.54) is 52.4 Å². The molecule has 0 saturated heterocycles. The van der Waals surface area contributed by atoms with Crippen molar-refractivity contribution in [2.75, 3.05) is 0 Å². The van der Waals surface area contributed by atoms with Gasteiger partial charge in [0.05, 0.1) is 21.1 Å². The van der Waals surface area contributed by atoms with Crippen molar-refractivity contribution < 1.29 is 22.9 Å². The van der Waals surface area contributed by atoms with Crippen molar-refractivity contribution in [2.45, 2.75) is 12.7 Å². The summed E-state index contributed by atoms with van der Waals surface area (Å²) in [5, 5.41) is 20.1. The van der Waals surface area contributed by atoms with Crippen LogP contribution in [-0.2, 0) is 12.7 Å². The van der Waals surface area contributed by atoms with Gasteiger partial charge in [0.2, 0.25) is 0 Å². The molecule has 0 spiro atoms. The van der Waals surface area contributed by atoms with Crippen LogP contribution >= 0.6 is 11.3 Å². The van der Waals surface area contributed by atoms with Crippen LogP contribution in [0, 0.1) is 10.1 Å². The Labute approximate surface area is 189 Å². The van der Waals surface area contributed by atoms with Crippen LogP contribution in [0.5, 0.6) is 0 Å². The zero-order chi connectivity index (χ0) is 23.6. The summed E-state index contributed by atoms with van der Waals surface area (Å²) in [5.74, 6) is -0.589. The number of nitrogens with one attached hydrogen (secondary N) is 1. The smallest absolute Gasteiger partial charge is 0.347 e. The van der Waals surface area contributed by atoms with Crippen LogP contribution in [0.4, 0.5) is 18.9 Å². The average Bonchev–Trinajstić information content (AvgIpc) is 3.47. The second-order valence-corrected chi connectivity index (χ2v) is 7.91. The van der Waals surface area contributed by atoms with Crippen molar-refractivity contribution in [3.8, 4) is 16.3 Å². The fourth-order valence-corrected chi connectivity index (χ4v) is 3.83. The number of benzene rings is 2. The van der Waals surface area contributed by atoms with Gasteiger partial charge in [0.1, 0.15) is 11.4 Å². The molecule has 0 aliphatic carbocycles. The van der Waals surface area contributed by atoms with Crippen LogP contribution < -0.4 is 5.32 Å². The number of rotatable bonds is 6. The average molecular weight is 472 g/mol. The Bertz CT molecular complexity index is 1320. The van der Waals surface area contributed by atoms with Gasteiger partial charge in [-0.15, -0.1) is 11.3 Å². The first-order valence-electron chi connectivity index (χ1n) is 9.55. The van der Waals surface area contributed by atoms with E-state index in [9.17, 15) is 28.1 Å². The Hall–Kier alpha value is -3.99. The number of thiophene rings is 1. The van der Waals surface area contributed by atoms with Crippen LogP contribution in [-0.4, -0.2) is 20.6 Å². The number of carbonyl (C=O) groups excluding carboxylic acids is 1. The van der Waals surface area contributed by atoms with E-state index in [0.29, 0.717) is 11.4 Å². The molecule has 0 radical (unpaired) electrons. The van der Waals surface area contributed by atoms with Crippen molar-refractivity contribution in [1.82, 2.24) is 15.1 Å². The molecule has 2 heterocycles. The predicted octanol–water partition coefficient (Wildman–Crippen LogP) is 5.46. The fourth-order valence-electron chi connectivity index (χ4n) is 3.15. The van der Waals surface area contributed by atoms with E-state index in [2.05, 4.69) is 10.4 Å². The molecule has 4 rings (SSSR count). The molecule has 0 bridgehead atoms. The fraction of sp³-hybridized carbons (Fsp3) is 0.0909. The Morgan fingerprint density at radius 1 is 1.09 bits per heavy atom. The van der Waals surface area contributed by atoms with Crippen molar-refractivity contribution in [3.63, 3.8) is 0 Å². The van der Waals surface area contributed by atoms with Gasteiger partial charge in [0, 0.05) is 18.7 Å². The number of nitro groups is 1. The molecule has 1 N–H and O–H groups in total. The van der Waals surface area contributed by atoms with Gasteiger partial charge in [-0.1, -0.05) is 24.3 Å². The lowest BCUT2D eigenvalue weighted by Crippen LogP contribution is -2.25. The number of nitrogens with zero attached hydrogens (tertiary/aromatic N) is 3. The lowest BCUT2D eigenvalue weighted by atomic mass is 10.1. The third kappa shape index (κ3) is 4.93. The number of alkyl halides is 3. The molecule has 33 heavy (non-hydrogen) atoms. The maximum Gasteiger partial charge on any atom is 0.416 e. The highest BCUT2D eigenvalue weighted by molar-refractivity contribution is 7.13. The van der Waals surface area contributed by atoms with E-state index in [0.717, 1.165) is 17.0 Å². The quantitative estimate of drug-likeness (QED) is 0.298. The Morgan fingerprint density at radius 3 is 2.58 bits per heavy atom. The number of nitro benzene ring substituents is 1. The van der Waals surface area contributed by atoms with E-state index in [-0.39, 0.29) is 23.5 Å². The standard InChI is InChI=1S/C22H15F3N4O3S/c23-22(24,25)15-5-1-4-14(10-15)13-26-21(30)19-12-18(20-8-3-9-33-20)27-28(19)16-6-2-7-17(11-16)29(31)32/h1-12H,13H2,(H,26,30). The van der Waals surface area contributed by atoms with Crippen molar-refractivity contribution in [3.05, 3.63) is 99.0 Å². The number of hydrogen-bond acceptors (Lipinski definition) is 5. The third-order valence-corrected chi connectivity index (χ3v) is 5.60. The van der Waals surface area contributed by atoms with E-state index in [1.54, 1.807) is 6.07 Å². The van der Waals surface area contributed by atoms with Crippen LogP contribution in [0.3, 0.4) is 0 Å². The molecule has 0 aliphatic rings. The molecule has 0 fully saturated rings.